The Bertz CT molecular complexity index is 920. The van der Waals surface area contributed by atoms with Crippen LogP contribution in [-0.4, -0.2) is 40.3 Å². The molecule has 0 aliphatic rings. The Labute approximate surface area is 169 Å². The van der Waals surface area contributed by atoms with Crippen LogP contribution in [0.1, 0.15) is 12.5 Å². The molecule has 0 fully saturated rings. The molecule has 0 heterocycles. The first-order valence-corrected chi connectivity index (χ1v) is 10.8. The first-order chi connectivity index (χ1) is 13.2. The summed E-state index contributed by atoms with van der Waals surface area (Å²) in [5, 5.41) is 2.37. The molecule has 0 bridgehead atoms. The zero-order valence-electron chi connectivity index (χ0n) is 15.6. The second-order valence-electron chi connectivity index (χ2n) is 6.06. The molecule has 152 valence electrons. The van der Waals surface area contributed by atoms with Crippen LogP contribution >= 0.6 is 11.6 Å². The molecule has 0 saturated heterocycles. The van der Waals surface area contributed by atoms with Crippen LogP contribution in [0.2, 0.25) is 5.02 Å². The van der Waals surface area contributed by atoms with Gasteiger partial charge in [-0.2, -0.15) is 0 Å². The van der Waals surface area contributed by atoms with Gasteiger partial charge in [-0.05, 0) is 42.3 Å². The van der Waals surface area contributed by atoms with Gasteiger partial charge in [0.25, 0.3) is 0 Å². The van der Waals surface area contributed by atoms with E-state index in [1.165, 1.54) is 11.6 Å². The lowest BCUT2D eigenvalue weighted by Gasteiger charge is -2.22. The molecule has 6 nitrogen and oxygen atoms in total. The fourth-order valence-electron chi connectivity index (χ4n) is 2.41. The lowest BCUT2D eigenvalue weighted by molar-refractivity contribution is -0.119. The van der Waals surface area contributed by atoms with Crippen molar-refractivity contribution in [1.82, 2.24) is 5.32 Å². The zero-order valence-corrected chi connectivity index (χ0v) is 17.2. The first kappa shape index (κ1) is 22.0. The summed E-state index contributed by atoms with van der Waals surface area (Å²) < 4.78 is 43.7. The van der Waals surface area contributed by atoms with Gasteiger partial charge in [-0.3, -0.25) is 9.10 Å². The number of hydrogen-bond acceptors (Lipinski definition) is 4. The summed E-state index contributed by atoms with van der Waals surface area (Å²) in [5.41, 5.74) is 1.30. The lowest BCUT2D eigenvalue weighted by atomic mass is 10.2. The van der Waals surface area contributed by atoms with E-state index in [9.17, 15) is 17.6 Å². The van der Waals surface area contributed by atoms with E-state index in [-0.39, 0.29) is 23.9 Å². The van der Waals surface area contributed by atoms with Crippen molar-refractivity contribution < 1.29 is 22.3 Å². The van der Waals surface area contributed by atoms with Crippen LogP contribution in [0.4, 0.5) is 10.1 Å². The Morgan fingerprint density at radius 2 is 1.89 bits per heavy atom. The van der Waals surface area contributed by atoms with Crippen LogP contribution in [0, 0.1) is 5.82 Å². The molecule has 0 unspecified atom stereocenters. The number of anilines is 1. The number of rotatable bonds is 9. The van der Waals surface area contributed by atoms with Crippen molar-refractivity contribution in [2.45, 2.75) is 13.3 Å². The minimum atomic E-state index is -3.76. The topological polar surface area (TPSA) is 75.7 Å². The molecule has 2 rings (SSSR count). The molecule has 0 spiro atoms. The minimum absolute atomic E-state index is 0.108. The second-order valence-corrected chi connectivity index (χ2v) is 8.38. The fraction of sp³-hybridized carbons (Fsp3) is 0.316. The van der Waals surface area contributed by atoms with E-state index in [0.717, 1.165) is 29.1 Å². The summed E-state index contributed by atoms with van der Waals surface area (Å²) in [7, 11) is -3.76. The Morgan fingerprint density at radius 1 is 1.21 bits per heavy atom. The number of carbonyl (C=O) groups is 1. The third kappa shape index (κ3) is 6.38. The number of sulfonamides is 1. The minimum Gasteiger partial charge on any atom is -0.492 e. The number of ether oxygens (including phenoxy) is 1. The standard InChI is InChI=1S/C19H22ClFN2O4S/c1-3-14-4-7-16(8-5-14)27-11-10-22-19(24)13-23(28(2,25)26)15-6-9-18(21)17(20)12-15/h4-9,12H,3,10-11,13H2,1-2H3,(H,22,24). The SMILES string of the molecule is CCc1ccc(OCCNC(=O)CN(c2ccc(F)c(Cl)c2)S(C)(=O)=O)cc1. The van der Waals surface area contributed by atoms with E-state index in [0.29, 0.717) is 5.75 Å². The van der Waals surface area contributed by atoms with E-state index in [1.807, 2.05) is 24.3 Å². The average Bonchev–Trinajstić information content (AvgIpc) is 2.65. The summed E-state index contributed by atoms with van der Waals surface area (Å²) in [5.74, 6) is -0.506. The highest BCUT2D eigenvalue weighted by molar-refractivity contribution is 7.92. The fourth-order valence-corrected chi connectivity index (χ4v) is 3.43. The molecule has 0 atom stereocenters. The van der Waals surface area contributed by atoms with Gasteiger partial charge < -0.3 is 10.1 Å². The highest BCUT2D eigenvalue weighted by Gasteiger charge is 2.21. The molecule has 0 radical (unpaired) electrons. The van der Waals surface area contributed by atoms with E-state index >= 15 is 0 Å². The Hall–Kier alpha value is -2.32. The molecule has 1 N–H and O–H groups in total. The van der Waals surface area contributed by atoms with Gasteiger partial charge in [0, 0.05) is 0 Å². The number of carbonyl (C=O) groups excluding carboxylic acids is 1. The van der Waals surface area contributed by atoms with Gasteiger partial charge in [-0.15, -0.1) is 0 Å². The number of halogens is 2. The molecule has 9 heteroatoms. The maximum absolute atomic E-state index is 13.3. The predicted octanol–water partition coefficient (Wildman–Crippen LogP) is 3.00. The van der Waals surface area contributed by atoms with Crippen LogP contribution < -0.4 is 14.4 Å². The number of benzene rings is 2. The van der Waals surface area contributed by atoms with Gasteiger partial charge >= 0.3 is 0 Å². The Balaban J connectivity index is 1.90. The van der Waals surface area contributed by atoms with Crippen molar-refractivity contribution in [3.63, 3.8) is 0 Å². The van der Waals surface area contributed by atoms with Gasteiger partial charge in [0.1, 0.15) is 24.7 Å². The van der Waals surface area contributed by atoms with E-state index in [2.05, 4.69) is 12.2 Å². The summed E-state index contributed by atoms with van der Waals surface area (Å²) in [6.07, 6.45) is 1.90. The molecule has 28 heavy (non-hydrogen) atoms. The number of nitrogens with one attached hydrogen (secondary N) is 1. The summed E-state index contributed by atoms with van der Waals surface area (Å²) in [4.78, 5) is 12.1. The average molecular weight is 429 g/mol. The first-order valence-electron chi connectivity index (χ1n) is 8.62. The number of aryl methyl sites for hydroxylation is 1. The number of amides is 1. The Morgan fingerprint density at radius 3 is 2.46 bits per heavy atom. The van der Waals surface area contributed by atoms with Gasteiger partial charge in [-0.25, -0.2) is 12.8 Å². The van der Waals surface area contributed by atoms with Crippen LogP contribution in [-0.2, 0) is 21.2 Å². The third-order valence-electron chi connectivity index (χ3n) is 3.90. The monoisotopic (exact) mass is 428 g/mol. The highest BCUT2D eigenvalue weighted by atomic mass is 35.5. The van der Waals surface area contributed by atoms with E-state index < -0.39 is 28.3 Å². The van der Waals surface area contributed by atoms with Crippen molar-refractivity contribution in [3.8, 4) is 5.75 Å². The zero-order chi connectivity index (χ0) is 20.7. The van der Waals surface area contributed by atoms with Crippen molar-refractivity contribution in [1.29, 1.82) is 0 Å². The number of hydrogen-bond donors (Lipinski definition) is 1. The van der Waals surface area contributed by atoms with Crippen LogP contribution in [0.5, 0.6) is 5.75 Å². The van der Waals surface area contributed by atoms with Gasteiger partial charge in [-0.1, -0.05) is 30.7 Å². The van der Waals surface area contributed by atoms with Crippen molar-refractivity contribution in [3.05, 3.63) is 58.9 Å². The second kappa shape index (κ2) is 9.75. The summed E-state index contributed by atoms with van der Waals surface area (Å²) >= 11 is 5.71. The summed E-state index contributed by atoms with van der Waals surface area (Å²) in [6, 6.07) is 11.1. The molecule has 0 saturated carbocycles. The molecule has 0 aliphatic heterocycles. The highest BCUT2D eigenvalue weighted by Crippen LogP contribution is 2.24. The molecular formula is C19H22ClFN2O4S. The van der Waals surface area contributed by atoms with Gasteiger partial charge in [0.15, 0.2) is 0 Å². The molecule has 0 aromatic heterocycles. The largest absolute Gasteiger partial charge is 0.492 e. The predicted molar refractivity (Wildman–Crippen MR) is 108 cm³/mol. The van der Waals surface area contributed by atoms with Crippen LogP contribution in [0.25, 0.3) is 0 Å². The van der Waals surface area contributed by atoms with Crippen molar-refractivity contribution in [2.75, 3.05) is 30.3 Å². The van der Waals surface area contributed by atoms with Crippen LogP contribution in [0.3, 0.4) is 0 Å². The molecule has 2 aromatic rings. The van der Waals surface area contributed by atoms with Crippen LogP contribution in [0.15, 0.2) is 42.5 Å². The van der Waals surface area contributed by atoms with Gasteiger partial charge in [0.2, 0.25) is 15.9 Å². The van der Waals surface area contributed by atoms with Crippen molar-refractivity contribution >= 4 is 33.2 Å². The van der Waals surface area contributed by atoms with E-state index in [1.54, 1.807) is 0 Å². The third-order valence-corrected chi connectivity index (χ3v) is 5.33. The molecular weight excluding hydrogens is 407 g/mol. The lowest BCUT2D eigenvalue weighted by Crippen LogP contribution is -2.41. The maximum Gasteiger partial charge on any atom is 0.240 e. The number of nitrogens with zero attached hydrogens (tertiary/aromatic N) is 1. The summed E-state index contributed by atoms with van der Waals surface area (Å²) in [6.45, 7) is 2.05. The van der Waals surface area contributed by atoms with E-state index in [4.69, 9.17) is 16.3 Å². The Kier molecular flexibility index (Phi) is 7.65. The molecule has 2 aromatic carbocycles. The van der Waals surface area contributed by atoms with Crippen molar-refractivity contribution in [2.24, 2.45) is 0 Å². The smallest absolute Gasteiger partial charge is 0.240 e. The quantitative estimate of drug-likeness (QED) is 0.623. The maximum atomic E-state index is 13.3. The molecule has 0 aliphatic carbocycles. The normalized spacial score (nSPS) is 11.1. The molecule has 1 amide bonds. The van der Waals surface area contributed by atoms with Gasteiger partial charge in [0.05, 0.1) is 23.5 Å².